The second-order valence-electron chi connectivity index (χ2n) is 7.30. The summed E-state index contributed by atoms with van der Waals surface area (Å²) in [6, 6.07) is 7.13. The normalized spacial score (nSPS) is 10.7. The van der Waals surface area contributed by atoms with Gasteiger partial charge in [-0.2, -0.15) is 0 Å². The van der Waals surface area contributed by atoms with Crippen molar-refractivity contribution in [1.29, 1.82) is 0 Å². The highest BCUT2D eigenvalue weighted by Crippen LogP contribution is 2.33. The molecule has 2 heterocycles. The molecule has 0 saturated carbocycles. The van der Waals surface area contributed by atoms with Crippen LogP contribution in [0, 0.1) is 20.8 Å². The maximum atomic E-state index is 12.7. The third kappa shape index (κ3) is 5.17. The van der Waals surface area contributed by atoms with E-state index in [-0.39, 0.29) is 22.0 Å². The van der Waals surface area contributed by atoms with Crippen molar-refractivity contribution in [3.05, 3.63) is 57.1 Å². The number of carbonyl (C=O) groups excluding carboxylic acids is 4. The van der Waals surface area contributed by atoms with Crippen LogP contribution < -0.4 is 11.1 Å². The molecule has 33 heavy (non-hydrogen) atoms. The zero-order valence-corrected chi connectivity index (χ0v) is 19.4. The van der Waals surface area contributed by atoms with E-state index in [0.29, 0.717) is 27.7 Å². The number of aromatic nitrogens is 1. The molecule has 1 aromatic carbocycles. The van der Waals surface area contributed by atoms with Crippen LogP contribution >= 0.6 is 11.3 Å². The summed E-state index contributed by atoms with van der Waals surface area (Å²) in [5, 5.41) is 3.23. The molecule has 0 radical (unpaired) electrons. The Morgan fingerprint density at radius 3 is 2.45 bits per heavy atom. The molecule has 9 nitrogen and oxygen atoms in total. The van der Waals surface area contributed by atoms with Crippen LogP contribution in [-0.4, -0.2) is 42.0 Å². The number of rotatable bonds is 7. The number of amides is 2. The Kier molecular flexibility index (Phi) is 7.07. The molecular formula is C23H23N3O6S. The van der Waals surface area contributed by atoms with Gasteiger partial charge in [-0.1, -0.05) is 11.6 Å². The fourth-order valence-corrected chi connectivity index (χ4v) is 4.36. The Labute approximate surface area is 193 Å². The molecule has 0 fully saturated rings. The average molecular weight is 470 g/mol. The smallest absolute Gasteiger partial charge is 0.341 e. The summed E-state index contributed by atoms with van der Waals surface area (Å²) in [5.41, 5.74) is 8.24. The Bertz CT molecular complexity index is 1280. The lowest BCUT2D eigenvalue weighted by Crippen LogP contribution is -2.22. The van der Waals surface area contributed by atoms with Gasteiger partial charge < -0.3 is 20.5 Å². The summed E-state index contributed by atoms with van der Waals surface area (Å²) in [4.78, 5) is 53.8. The van der Waals surface area contributed by atoms with Crippen molar-refractivity contribution in [3.63, 3.8) is 0 Å². The number of benzene rings is 1. The number of nitrogens with two attached hydrogens (primary N) is 1. The number of nitrogens with zero attached hydrogens (tertiary/aromatic N) is 1. The molecule has 172 valence electrons. The van der Waals surface area contributed by atoms with E-state index >= 15 is 0 Å². The molecule has 3 aromatic rings. The lowest BCUT2D eigenvalue weighted by molar-refractivity contribution is -0.119. The van der Waals surface area contributed by atoms with Gasteiger partial charge in [0.2, 0.25) is 0 Å². The summed E-state index contributed by atoms with van der Waals surface area (Å²) >= 11 is 0.857. The zero-order valence-electron chi connectivity index (χ0n) is 18.6. The summed E-state index contributed by atoms with van der Waals surface area (Å²) < 4.78 is 10.2. The molecule has 0 saturated heterocycles. The van der Waals surface area contributed by atoms with Crippen LogP contribution in [0.1, 0.15) is 54.1 Å². The van der Waals surface area contributed by atoms with E-state index in [9.17, 15) is 19.2 Å². The largest absolute Gasteiger partial charge is 0.462 e. The third-order valence-electron chi connectivity index (χ3n) is 4.75. The number of primary amides is 1. The number of thiophene rings is 1. The van der Waals surface area contributed by atoms with Crippen LogP contribution in [-0.2, 0) is 14.3 Å². The van der Waals surface area contributed by atoms with Gasteiger partial charge in [-0.3, -0.25) is 14.6 Å². The Morgan fingerprint density at radius 1 is 1.06 bits per heavy atom. The highest BCUT2D eigenvalue weighted by Gasteiger charge is 2.26. The molecule has 0 aliphatic rings. The molecule has 0 atom stereocenters. The van der Waals surface area contributed by atoms with E-state index < -0.39 is 30.4 Å². The van der Waals surface area contributed by atoms with Crippen molar-refractivity contribution in [3.8, 4) is 0 Å². The standard InChI is InChI=1S/C23H23N3O6S/c1-5-31-23(30)18-13(4)19(20(24)28)33-21(18)26-17(27)10-32-22(29)15-9-12(3)25-16-7-6-11(2)8-14(15)16/h6-9H,5,10H2,1-4H3,(H2,24,28)(H,26,27). The van der Waals surface area contributed by atoms with E-state index in [1.54, 1.807) is 19.9 Å². The van der Waals surface area contributed by atoms with Crippen molar-refractivity contribution in [2.24, 2.45) is 5.73 Å². The van der Waals surface area contributed by atoms with Gasteiger partial charge in [0.05, 0.1) is 28.1 Å². The number of esters is 2. The summed E-state index contributed by atoms with van der Waals surface area (Å²) in [7, 11) is 0. The Balaban J connectivity index is 1.79. The predicted molar refractivity (Wildman–Crippen MR) is 124 cm³/mol. The van der Waals surface area contributed by atoms with Gasteiger partial charge in [0.25, 0.3) is 11.8 Å². The quantitative estimate of drug-likeness (QED) is 0.506. The van der Waals surface area contributed by atoms with Crippen molar-refractivity contribution < 1.29 is 28.7 Å². The van der Waals surface area contributed by atoms with Gasteiger partial charge in [-0.05, 0) is 51.5 Å². The Morgan fingerprint density at radius 2 is 1.79 bits per heavy atom. The van der Waals surface area contributed by atoms with Gasteiger partial charge in [0, 0.05) is 11.1 Å². The molecule has 0 spiro atoms. The number of hydrogen-bond acceptors (Lipinski definition) is 8. The highest BCUT2D eigenvalue weighted by atomic mass is 32.1. The van der Waals surface area contributed by atoms with Crippen LogP contribution in [0.5, 0.6) is 0 Å². The summed E-state index contributed by atoms with van der Waals surface area (Å²) in [6.07, 6.45) is 0. The first-order chi connectivity index (χ1) is 15.6. The van der Waals surface area contributed by atoms with Crippen LogP contribution in [0.4, 0.5) is 5.00 Å². The lowest BCUT2D eigenvalue weighted by atomic mass is 10.1. The highest BCUT2D eigenvalue weighted by molar-refractivity contribution is 7.18. The molecule has 2 amide bonds. The zero-order chi connectivity index (χ0) is 24.3. The molecule has 3 rings (SSSR count). The first-order valence-electron chi connectivity index (χ1n) is 10.1. The lowest BCUT2D eigenvalue weighted by Gasteiger charge is -2.10. The van der Waals surface area contributed by atoms with Crippen LogP contribution in [0.3, 0.4) is 0 Å². The topological polar surface area (TPSA) is 138 Å². The molecule has 0 unspecified atom stereocenters. The first kappa shape index (κ1) is 23.9. The molecular weight excluding hydrogens is 446 g/mol. The second kappa shape index (κ2) is 9.78. The van der Waals surface area contributed by atoms with Gasteiger partial charge in [0.1, 0.15) is 5.00 Å². The fourth-order valence-electron chi connectivity index (χ4n) is 3.30. The third-order valence-corrected chi connectivity index (χ3v) is 5.97. The molecule has 0 bridgehead atoms. The minimum absolute atomic E-state index is 0.0431. The van der Waals surface area contributed by atoms with E-state index in [4.69, 9.17) is 15.2 Å². The van der Waals surface area contributed by atoms with E-state index in [1.165, 1.54) is 6.92 Å². The molecule has 10 heteroatoms. The van der Waals surface area contributed by atoms with E-state index in [2.05, 4.69) is 10.3 Å². The second-order valence-corrected chi connectivity index (χ2v) is 8.32. The number of carbonyl (C=O) groups is 4. The average Bonchev–Trinajstić information content (AvgIpc) is 3.07. The van der Waals surface area contributed by atoms with Gasteiger partial charge in [-0.15, -0.1) is 11.3 Å². The monoisotopic (exact) mass is 469 g/mol. The number of ether oxygens (including phenoxy) is 2. The summed E-state index contributed by atoms with van der Waals surface area (Å²) in [5.74, 6) is -2.79. The molecule has 0 aliphatic carbocycles. The number of fused-ring (bicyclic) bond motifs is 1. The Hall–Kier alpha value is -3.79. The predicted octanol–water partition coefficient (Wildman–Crippen LogP) is 3.29. The van der Waals surface area contributed by atoms with Crippen molar-refractivity contribution in [1.82, 2.24) is 4.98 Å². The molecule has 2 aromatic heterocycles. The minimum atomic E-state index is -0.731. The van der Waals surface area contributed by atoms with Crippen LogP contribution in [0.25, 0.3) is 10.9 Å². The number of nitrogens with one attached hydrogen (secondary N) is 1. The van der Waals surface area contributed by atoms with Gasteiger partial charge in [-0.25, -0.2) is 9.59 Å². The van der Waals surface area contributed by atoms with E-state index in [0.717, 1.165) is 16.9 Å². The maximum Gasteiger partial charge on any atom is 0.341 e. The molecule has 3 N–H and O–H groups in total. The number of anilines is 1. The van der Waals surface area contributed by atoms with Crippen molar-refractivity contribution in [2.75, 3.05) is 18.5 Å². The number of aryl methyl sites for hydroxylation is 2. The van der Waals surface area contributed by atoms with Crippen LogP contribution in [0.2, 0.25) is 0 Å². The summed E-state index contributed by atoms with van der Waals surface area (Å²) in [6.45, 7) is 6.35. The SMILES string of the molecule is CCOC(=O)c1c(NC(=O)COC(=O)c2cc(C)nc3ccc(C)cc23)sc(C(N)=O)c1C. The fraction of sp³-hybridized carbons (Fsp3) is 0.261. The molecule has 0 aliphatic heterocycles. The number of pyridine rings is 1. The van der Waals surface area contributed by atoms with Gasteiger partial charge in [0.15, 0.2) is 6.61 Å². The first-order valence-corrected chi connectivity index (χ1v) is 10.9. The minimum Gasteiger partial charge on any atom is -0.462 e. The van der Waals surface area contributed by atoms with Crippen molar-refractivity contribution >= 4 is 51.0 Å². The van der Waals surface area contributed by atoms with E-state index in [1.807, 2.05) is 25.1 Å². The maximum absolute atomic E-state index is 12.7. The van der Waals surface area contributed by atoms with Crippen molar-refractivity contribution in [2.45, 2.75) is 27.7 Å². The number of hydrogen-bond donors (Lipinski definition) is 2. The van der Waals surface area contributed by atoms with Crippen LogP contribution in [0.15, 0.2) is 24.3 Å². The van der Waals surface area contributed by atoms with Gasteiger partial charge >= 0.3 is 11.9 Å².